The Kier molecular flexibility index (Phi) is 5.24. The van der Waals surface area contributed by atoms with Crippen molar-refractivity contribution in [3.63, 3.8) is 0 Å². The first-order chi connectivity index (χ1) is 9.67. The molecule has 0 aliphatic rings. The molecule has 0 saturated carbocycles. The van der Waals surface area contributed by atoms with E-state index in [2.05, 4.69) is 12.2 Å². The standard InChI is InChI=1S/C17H19F2N/c1-2-20-17(11-13-3-7-15(18)8-4-13)12-14-5-9-16(19)10-6-14/h3-10,17,20H,2,11-12H2,1H3. The van der Waals surface area contributed by atoms with Crippen molar-refractivity contribution in [2.75, 3.05) is 6.54 Å². The number of hydrogen-bond acceptors (Lipinski definition) is 1. The van der Waals surface area contributed by atoms with Gasteiger partial charge in [-0.05, 0) is 54.8 Å². The molecule has 0 aliphatic carbocycles. The van der Waals surface area contributed by atoms with Crippen molar-refractivity contribution >= 4 is 0 Å². The van der Waals surface area contributed by atoms with Gasteiger partial charge in [-0.25, -0.2) is 8.78 Å². The zero-order valence-electron chi connectivity index (χ0n) is 11.6. The molecule has 0 atom stereocenters. The Labute approximate surface area is 118 Å². The van der Waals surface area contributed by atoms with Gasteiger partial charge in [0.2, 0.25) is 0 Å². The van der Waals surface area contributed by atoms with Crippen LogP contribution in [0.3, 0.4) is 0 Å². The number of halogens is 2. The Hall–Kier alpha value is -1.74. The molecule has 0 radical (unpaired) electrons. The molecular weight excluding hydrogens is 256 g/mol. The van der Waals surface area contributed by atoms with Crippen molar-refractivity contribution < 1.29 is 8.78 Å². The average molecular weight is 275 g/mol. The number of hydrogen-bond donors (Lipinski definition) is 1. The van der Waals surface area contributed by atoms with E-state index in [9.17, 15) is 8.78 Å². The van der Waals surface area contributed by atoms with Crippen LogP contribution in [0, 0.1) is 11.6 Å². The van der Waals surface area contributed by atoms with Crippen molar-refractivity contribution in [2.24, 2.45) is 0 Å². The van der Waals surface area contributed by atoms with Crippen LogP contribution in [0.15, 0.2) is 48.5 Å². The molecule has 0 unspecified atom stereocenters. The number of nitrogens with one attached hydrogen (secondary N) is 1. The van der Waals surface area contributed by atoms with Crippen molar-refractivity contribution in [1.82, 2.24) is 5.32 Å². The highest BCUT2D eigenvalue weighted by Gasteiger charge is 2.10. The molecule has 0 heterocycles. The van der Waals surface area contributed by atoms with Gasteiger partial charge in [0.25, 0.3) is 0 Å². The summed E-state index contributed by atoms with van der Waals surface area (Å²) in [6, 6.07) is 13.4. The van der Waals surface area contributed by atoms with Gasteiger partial charge in [0.1, 0.15) is 11.6 Å². The average Bonchev–Trinajstić information content (AvgIpc) is 2.44. The molecule has 0 aromatic heterocycles. The molecule has 0 bridgehead atoms. The van der Waals surface area contributed by atoms with E-state index < -0.39 is 0 Å². The Morgan fingerprint density at radius 3 is 1.55 bits per heavy atom. The molecule has 0 amide bonds. The van der Waals surface area contributed by atoms with Gasteiger partial charge >= 0.3 is 0 Å². The number of rotatable bonds is 6. The first-order valence-corrected chi connectivity index (χ1v) is 6.89. The molecule has 20 heavy (non-hydrogen) atoms. The molecule has 2 rings (SSSR count). The highest BCUT2D eigenvalue weighted by atomic mass is 19.1. The quantitative estimate of drug-likeness (QED) is 0.847. The summed E-state index contributed by atoms with van der Waals surface area (Å²) in [5, 5.41) is 3.42. The van der Waals surface area contributed by atoms with Crippen LogP contribution in [0.1, 0.15) is 18.1 Å². The first-order valence-electron chi connectivity index (χ1n) is 6.89. The molecule has 0 spiro atoms. The summed E-state index contributed by atoms with van der Waals surface area (Å²) in [5.74, 6) is -0.431. The van der Waals surface area contributed by atoms with Crippen molar-refractivity contribution in [1.29, 1.82) is 0 Å². The fraction of sp³-hybridized carbons (Fsp3) is 0.294. The van der Waals surface area contributed by atoms with Gasteiger partial charge in [0.05, 0.1) is 0 Å². The second kappa shape index (κ2) is 7.15. The number of likely N-dealkylation sites (N-methyl/N-ethyl adjacent to an activating group) is 1. The minimum absolute atomic E-state index is 0.215. The second-order valence-corrected chi connectivity index (χ2v) is 4.92. The fourth-order valence-corrected chi connectivity index (χ4v) is 2.32. The van der Waals surface area contributed by atoms with E-state index in [0.717, 1.165) is 30.5 Å². The third-order valence-electron chi connectivity index (χ3n) is 3.28. The largest absolute Gasteiger partial charge is 0.314 e. The minimum Gasteiger partial charge on any atom is -0.314 e. The molecular formula is C17H19F2N. The zero-order chi connectivity index (χ0) is 14.4. The Balaban J connectivity index is 2.02. The normalized spacial score (nSPS) is 11.0. The van der Waals surface area contributed by atoms with Gasteiger partial charge in [0, 0.05) is 6.04 Å². The van der Waals surface area contributed by atoms with Crippen LogP contribution in [0.2, 0.25) is 0 Å². The number of benzene rings is 2. The van der Waals surface area contributed by atoms with Gasteiger partial charge in [-0.3, -0.25) is 0 Å². The lowest BCUT2D eigenvalue weighted by atomic mass is 9.99. The Morgan fingerprint density at radius 1 is 0.800 bits per heavy atom. The summed E-state index contributed by atoms with van der Waals surface area (Å²) in [7, 11) is 0. The molecule has 106 valence electrons. The molecule has 1 nitrogen and oxygen atoms in total. The molecule has 0 fully saturated rings. The summed E-state index contributed by atoms with van der Waals surface area (Å²) >= 11 is 0. The van der Waals surface area contributed by atoms with Crippen molar-refractivity contribution in [3.8, 4) is 0 Å². The molecule has 0 aliphatic heterocycles. The lowest BCUT2D eigenvalue weighted by molar-refractivity contribution is 0.520. The Morgan fingerprint density at radius 2 is 1.20 bits per heavy atom. The lowest BCUT2D eigenvalue weighted by Gasteiger charge is -2.18. The molecule has 2 aromatic rings. The lowest BCUT2D eigenvalue weighted by Crippen LogP contribution is -2.33. The highest BCUT2D eigenvalue weighted by molar-refractivity contribution is 5.20. The predicted octanol–water partition coefficient (Wildman–Crippen LogP) is 3.73. The SMILES string of the molecule is CCNC(Cc1ccc(F)cc1)Cc1ccc(F)cc1. The van der Waals surface area contributed by atoms with Crippen LogP contribution in [0.25, 0.3) is 0 Å². The van der Waals surface area contributed by atoms with Crippen LogP contribution in [0.4, 0.5) is 8.78 Å². The zero-order valence-corrected chi connectivity index (χ0v) is 11.6. The topological polar surface area (TPSA) is 12.0 Å². The van der Waals surface area contributed by atoms with Crippen molar-refractivity contribution in [3.05, 3.63) is 71.3 Å². The molecule has 1 N–H and O–H groups in total. The maximum Gasteiger partial charge on any atom is 0.123 e. The first kappa shape index (κ1) is 14.7. The molecule has 0 saturated heterocycles. The van der Waals surface area contributed by atoms with Gasteiger partial charge in [-0.2, -0.15) is 0 Å². The van der Waals surface area contributed by atoms with Crippen LogP contribution >= 0.6 is 0 Å². The van der Waals surface area contributed by atoms with E-state index in [1.807, 2.05) is 24.3 Å². The van der Waals surface area contributed by atoms with Gasteiger partial charge in [0.15, 0.2) is 0 Å². The Bertz CT molecular complexity index is 472. The van der Waals surface area contributed by atoms with E-state index >= 15 is 0 Å². The predicted molar refractivity (Wildman–Crippen MR) is 77.7 cm³/mol. The van der Waals surface area contributed by atoms with E-state index in [4.69, 9.17) is 0 Å². The van der Waals surface area contributed by atoms with Crippen LogP contribution in [-0.4, -0.2) is 12.6 Å². The van der Waals surface area contributed by atoms with Gasteiger partial charge in [-0.1, -0.05) is 31.2 Å². The minimum atomic E-state index is -0.215. The van der Waals surface area contributed by atoms with Crippen molar-refractivity contribution in [2.45, 2.75) is 25.8 Å². The third kappa shape index (κ3) is 4.42. The van der Waals surface area contributed by atoms with E-state index in [1.165, 1.54) is 24.3 Å². The second-order valence-electron chi connectivity index (χ2n) is 4.92. The smallest absolute Gasteiger partial charge is 0.123 e. The summed E-state index contributed by atoms with van der Waals surface area (Å²) in [5.41, 5.74) is 2.19. The molecule has 3 heteroatoms. The highest BCUT2D eigenvalue weighted by Crippen LogP contribution is 2.11. The molecule has 2 aromatic carbocycles. The van der Waals surface area contributed by atoms with Crippen LogP contribution < -0.4 is 5.32 Å². The summed E-state index contributed by atoms with van der Waals surface area (Å²) < 4.78 is 25.8. The third-order valence-corrected chi connectivity index (χ3v) is 3.28. The van der Waals surface area contributed by atoms with Crippen LogP contribution in [0.5, 0.6) is 0 Å². The summed E-state index contributed by atoms with van der Waals surface area (Å²) in [6.45, 7) is 2.93. The summed E-state index contributed by atoms with van der Waals surface area (Å²) in [4.78, 5) is 0. The van der Waals surface area contributed by atoms with Crippen LogP contribution in [-0.2, 0) is 12.8 Å². The van der Waals surface area contributed by atoms with E-state index in [-0.39, 0.29) is 17.7 Å². The van der Waals surface area contributed by atoms with E-state index in [1.54, 1.807) is 0 Å². The fourth-order valence-electron chi connectivity index (χ4n) is 2.32. The monoisotopic (exact) mass is 275 g/mol. The van der Waals surface area contributed by atoms with E-state index in [0.29, 0.717) is 0 Å². The maximum atomic E-state index is 12.9. The van der Waals surface area contributed by atoms with Gasteiger partial charge in [-0.15, -0.1) is 0 Å². The van der Waals surface area contributed by atoms with Gasteiger partial charge < -0.3 is 5.32 Å². The maximum absolute atomic E-state index is 12.9. The summed E-state index contributed by atoms with van der Waals surface area (Å²) in [6.07, 6.45) is 1.65.